The van der Waals surface area contributed by atoms with Crippen LogP contribution in [0.1, 0.15) is 0 Å². The summed E-state index contributed by atoms with van der Waals surface area (Å²) in [5.41, 5.74) is 0. The van der Waals surface area contributed by atoms with E-state index in [0.29, 0.717) is 0 Å². The number of hydrogen-bond donors (Lipinski definition) is 0. The second-order valence-electron chi connectivity index (χ2n) is 11.0. The first kappa shape index (κ1) is 41.4. The second-order valence-corrected chi connectivity index (χ2v) is 18.6. The van der Waals surface area contributed by atoms with Crippen LogP contribution < -0.4 is 31.8 Å². The number of hydrogen-bond acceptors (Lipinski definition) is 2. The molecule has 2 heterocycles. The molecule has 8 rings (SSSR count). The number of halogens is 2. The molecular formula is C46H42Cl2N2P2Ru+2. The molecule has 2 nitrogen and oxygen atoms in total. The molecule has 0 atom stereocenters. The maximum atomic E-state index is 4.85. The molecule has 0 spiro atoms. The van der Waals surface area contributed by atoms with Gasteiger partial charge in [-0.25, -0.2) is 0 Å². The first-order chi connectivity index (χ1) is 26.3. The van der Waals surface area contributed by atoms with E-state index >= 15 is 0 Å². The summed E-state index contributed by atoms with van der Waals surface area (Å²) in [6.45, 7) is 0. The third-order valence-electron chi connectivity index (χ3n) is 7.51. The van der Waals surface area contributed by atoms with Crippen LogP contribution >= 0.6 is 35.2 Å². The second kappa shape index (κ2) is 26.4. The Balaban J connectivity index is 0.000000171. The molecule has 266 valence electrons. The molecule has 6 aromatic carbocycles. The molecule has 0 aliphatic carbocycles. The molecule has 53 heavy (non-hydrogen) atoms. The summed E-state index contributed by atoms with van der Waals surface area (Å²) in [6, 6.07) is 76.4. The van der Waals surface area contributed by atoms with Gasteiger partial charge in [-0.15, -0.1) is 0 Å². The van der Waals surface area contributed by atoms with Gasteiger partial charge in [0.05, 0.1) is 15.8 Å². The SMILES string of the molecule is [Cl][Ru][Cl].c1ccc([PH+](c2ccccc2)c2ccccc2)cc1.c1ccc([PH+](c2ccccc2)c2ccccc2)cc1.c1ccncc1.c1ccncc1. The molecule has 8 aromatic rings. The largest absolute Gasteiger partial charge is 0.265 e. The van der Waals surface area contributed by atoms with E-state index in [1.807, 2.05) is 36.4 Å². The number of benzene rings is 6. The van der Waals surface area contributed by atoms with Gasteiger partial charge in [0.25, 0.3) is 0 Å². The van der Waals surface area contributed by atoms with E-state index in [0.717, 1.165) is 0 Å². The van der Waals surface area contributed by atoms with E-state index in [1.54, 1.807) is 24.8 Å². The van der Waals surface area contributed by atoms with Crippen LogP contribution in [0, 0.1) is 0 Å². The van der Waals surface area contributed by atoms with Crippen molar-refractivity contribution in [2.75, 3.05) is 0 Å². The molecule has 7 heteroatoms. The number of aromatic nitrogens is 2. The Labute approximate surface area is 333 Å². The summed E-state index contributed by atoms with van der Waals surface area (Å²) < 4.78 is 0. The summed E-state index contributed by atoms with van der Waals surface area (Å²) in [7, 11) is 7.95. The Morgan fingerprint density at radius 1 is 0.264 bits per heavy atom. The van der Waals surface area contributed by atoms with Gasteiger partial charge >= 0.3 is 34.5 Å². The van der Waals surface area contributed by atoms with Gasteiger partial charge < -0.3 is 0 Å². The van der Waals surface area contributed by atoms with Crippen LogP contribution in [0.3, 0.4) is 0 Å². The van der Waals surface area contributed by atoms with Crippen LogP contribution in [0.2, 0.25) is 0 Å². The fourth-order valence-corrected chi connectivity index (χ4v) is 10.4. The van der Waals surface area contributed by atoms with Crippen LogP contribution in [-0.4, -0.2) is 9.97 Å². The quantitative estimate of drug-likeness (QED) is 0.123. The van der Waals surface area contributed by atoms with E-state index < -0.39 is 15.8 Å². The molecule has 0 aliphatic rings. The van der Waals surface area contributed by atoms with E-state index in [1.165, 1.54) is 31.8 Å². The molecule has 0 amide bonds. The normalized spacial score (nSPS) is 9.81. The van der Waals surface area contributed by atoms with Crippen molar-refractivity contribution in [2.45, 2.75) is 0 Å². The number of pyridine rings is 2. The average Bonchev–Trinajstić information content (AvgIpc) is 3.26. The summed E-state index contributed by atoms with van der Waals surface area (Å²) >= 11 is -0.346. The van der Waals surface area contributed by atoms with Crippen molar-refractivity contribution in [2.24, 2.45) is 0 Å². The van der Waals surface area contributed by atoms with Crippen molar-refractivity contribution < 1.29 is 15.1 Å². The van der Waals surface area contributed by atoms with E-state index in [2.05, 4.69) is 192 Å². The van der Waals surface area contributed by atoms with Crippen molar-refractivity contribution in [3.63, 3.8) is 0 Å². The van der Waals surface area contributed by atoms with Crippen LogP contribution in [0.25, 0.3) is 0 Å². The summed E-state index contributed by atoms with van der Waals surface area (Å²) in [5.74, 6) is 0. The molecule has 0 bridgehead atoms. The number of rotatable bonds is 6. The molecule has 0 fully saturated rings. The van der Waals surface area contributed by atoms with Crippen LogP contribution in [0.15, 0.2) is 243 Å². The molecule has 0 saturated heterocycles. The molecule has 0 unspecified atom stereocenters. The Hall–Kier alpha value is -4.32. The van der Waals surface area contributed by atoms with Crippen molar-refractivity contribution in [3.8, 4) is 0 Å². The predicted molar refractivity (Wildman–Crippen MR) is 233 cm³/mol. The van der Waals surface area contributed by atoms with Gasteiger partial charge in [0, 0.05) is 24.8 Å². The van der Waals surface area contributed by atoms with Crippen LogP contribution in [0.4, 0.5) is 0 Å². The maximum Gasteiger partial charge on any atom is 0.102 e. The Morgan fingerprint density at radius 2 is 0.415 bits per heavy atom. The molecule has 2 aromatic heterocycles. The zero-order valence-electron chi connectivity index (χ0n) is 29.1. The standard InChI is InChI=1S/2C18H15P.2C5H5N.2ClH.Ru/c2*1-4-10-16(11-5-1)19(17-12-6-2-7-13-17)18-14-8-3-9-15-18;2*1-2-4-6-5-3-1;;;/h2*1-15H;2*1-5H;2*1H;/q;;;;;;+2. The third kappa shape index (κ3) is 15.7. The van der Waals surface area contributed by atoms with Crippen molar-refractivity contribution in [1.29, 1.82) is 0 Å². The van der Waals surface area contributed by atoms with E-state index in [4.69, 9.17) is 19.4 Å². The van der Waals surface area contributed by atoms with Crippen LogP contribution in [-0.2, 0) is 15.1 Å². The van der Waals surface area contributed by atoms with Gasteiger partial charge in [-0.2, -0.15) is 0 Å². The topological polar surface area (TPSA) is 25.8 Å². The number of nitrogens with zero attached hydrogens (tertiary/aromatic N) is 2. The monoisotopic (exact) mass is 856 g/mol. The Bertz CT molecular complexity index is 1610. The van der Waals surface area contributed by atoms with Gasteiger partial charge in [0.1, 0.15) is 31.8 Å². The van der Waals surface area contributed by atoms with Gasteiger partial charge in [-0.3, -0.25) is 9.97 Å². The minimum atomic E-state index is -0.877. The maximum absolute atomic E-state index is 4.85. The summed E-state index contributed by atoms with van der Waals surface area (Å²) in [4.78, 5) is 7.57. The zero-order valence-corrected chi connectivity index (χ0v) is 34.3. The minimum absolute atomic E-state index is 0.346. The van der Waals surface area contributed by atoms with E-state index in [9.17, 15) is 0 Å². The first-order valence-corrected chi connectivity index (χ1v) is 24.4. The van der Waals surface area contributed by atoms with Gasteiger partial charge in [-0.05, 0) is 97.1 Å². The fraction of sp³-hybridized carbons (Fsp3) is 0. The van der Waals surface area contributed by atoms with Gasteiger partial charge in [0.15, 0.2) is 0 Å². The average molecular weight is 857 g/mol. The molecule has 0 radical (unpaired) electrons. The molecule has 0 saturated carbocycles. The van der Waals surface area contributed by atoms with E-state index in [-0.39, 0.29) is 15.1 Å². The summed E-state index contributed by atoms with van der Waals surface area (Å²) in [5, 5.41) is 8.61. The van der Waals surface area contributed by atoms with Gasteiger partial charge in [-0.1, -0.05) is 121 Å². The van der Waals surface area contributed by atoms with Gasteiger partial charge in [0.2, 0.25) is 0 Å². The molecular weight excluding hydrogens is 814 g/mol. The Morgan fingerprint density at radius 3 is 0.528 bits per heavy atom. The zero-order chi connectivity index (χ0) is 37.0. The van der Waals surface area contributed by atoms with Crippen molar-refractivity contribution >= 4 is 67.1 Å². The summed E-state index contributed by atoms with van der Waals surface area (Å²) in [6.07, 6.45) is 7.00. The Kier molecular flexibility index (Phi) is 20.7. The minimum Gasteiger partial charge on any atom is -0.265 e. The first-order valence-electron chi connectivity index (χ1n) is 16.9. The van der Waals surface area contributed by atoms with Crippen LogP contribution in [0.5, 0.6) is 0 Å². The van der Waals surface area contributed by atoms with Crippen molar-refractivity contribution in [3.05, 3.63) is 243 Å². The fourth-order valence-electron chi connectivity index (χ4n) is 5.25. The van der Waals surface area contributed by atoms with Crippen molar-refractivity contribution in [1.82, 2.24) is 9.97 Å². The molecule has 0 aliphatic heterocycles. The molecule has 0 N–H and O–H groups in total. The predicted octanol–water partition coefficient (Wildman–Crippen LogP) is 9.89. The smallest absolute Gasteiger partial charge is 0.102 e. The third-order valence-corrected chi connectivity index (χ3v) is 13.0.